The second-order valence-corrected chi connectivity index (χ2v) is 6.27. The molecule has 1 aromatic carbocycles. The fourth-order valence-corrected chi connectivity index (χ4v) is 3.30. The Morgan fingerprint density at radius 2 is 1.82 bits per heavy atom. The lowest BCUT2D eigenvalue weighted by Crippen LogP contribution is -2.16. The van der Waals surface area contributed by atoms with Gasteiger partial charge in [-0.05, 0) is 18.6 Å². The molecule has 0 fully saturated rings. The molecule has 0 aliphatic carbocycles. The van der Waals surface area contributed by atoms with E-state index in [0.29, 0.717) is 5.56 Å². The fraction of sp³-hybridized carbons (Fsp3) is 0.250. The maximum Gasteiger partial charge on any atom is 0.357 e. The third-order valence-electron chi connectivity index (χ3n) is 2.07. The van der Waals surface area contributed by atoms with E-state index in [0.717, 1.165) is 12.1 Å². The highest BCUT2D eigenvalue weighted by molar-refractivity contribution is 7.86. The monoisotopic (exact) mass is 282 g/mol. The van der Waals surface area contributed by atoms with Crippen LogP contribution in [0.15, 0.2) is 17.0 Å². The van der Waals surface area contributed by atoms with E-state index in [9.17, 15) is 13.0 Å². The zero-order valence-corrected chi connectivity index (χ0v) is 10.7. The third kappa shape index (κ3) is 3.05. The second-order valence-electron chi connectivity index (χ2n) is 3.31. The van der Waals surface area contributed by atoms with Crippen molar-refractivity contribution >= 4 is 23.0 Å². The molecular weight excluding hydrogens is 271 g/mol. The smallest absolute Gasteiger partial charge is 0.357 e. The first-order valence-corrected chi connectivity index (χ1v) is 7.35. The summed E-state index contributed by atoms with van der Waals surface area (Å²) in [7, 11) is -8.27. The van der Waals surface area contributed by atoms with Crippen molar-refractivity contribution < 1.29 is 32.1 Å². The first kappa shape index (κ1) is 14.1. The van der Waals surface area contributed by atoms with Crippen LogP contribution in [0.4, 0.5) is 0 Å². The van der Waals surface area contributed by atoms with Gasteiger partial charge >= 0.3 is 7.60 Å². The summed E-state index contributed by atoms with van der Waals surface area (Å²) in [5.74, 6) is 0.106. The van der Waals surface area contributed by atoms with Gasteiger partial charge in [-0.15, -0.1) is 0 Å². The molecule has 0 radical (unpaired) electrons. The molecule has 7 nitrogen and oxygen atoms in total. The average molecular weight is 282 g/mol. The van der Waals surface area contributed by atoms with Gasteiger partial charge in [0.1, 0.15) is 10.6 Å². The highest BCUT2D eigenvalue weighted by Gasteiger charge is 2.29. The minimum atomic E-state index is -4.80. The number of ether oxygens (including phenoxy) is 1. The summed E-state index contributed by atoms with van der Waals surface area (Å²) in [5, 5.41) is -0.752. The van der Waals surface area contributed by atoms with Crippen molar-refractivity contribution in [2.75, 3.05) is 7.11 Å². The van der Waals surface area contributed by atoms with Gasteiger partial charge in [-0.25, -0.2) is 0 Å². The summed E-state index contributed by atoms with van der Waals surface area (Å²) in [6.45, 7) is 1.49. The SMILES string of the molecule is COc1cc(S(=O)(=O)O)c(P(=O)(O)O)cc1C. The lowest BCUT2D eigenvalue weighted by molar-refractivity contribution is 0.385. The molecule has 0 saturated carbocycles. The zero-order valence-electron chi connectivity index (χ0n) is 8.98. The Kier molecular flexibility index (Phi) is 3.66. The molecule has 0 bridgehead atoms. The summed E-state index contributed by atoms with van der Waals surface area (Å²) in [6.07, 6.45) is 0. The van der Waals surface area contributed by atoms with Gasteiger partial charge in [0, 0.05) is 6.07 Å². The molecular formula is C8H11O7PS. The van der Waals surface area contributed by atoms with Gasteiger partial charge in [-0.3, -0.25) is 9.12 Å². The molecule has 0 unspecified atom stereocenters. The van der Waals surface area contributed by atoms with Crippen molar-refractivity contribution in [1.82, 2.24) is 0 Å². The molecule has 1 rings (SSSR count). The first-order valence-electron chi connectivity index (χ1n) is 4.29. The van der Waals surface area contributed by atoms with Gasteiger partial charge in [0.2, 0.25) is 0 Å². The van der Waals surface area contributed by atoms with E-state index in [1.165, 1.54) is 14.0 Å². The van der Waals surface area contributed by atoms with E-state index < -0.39 is 27.9 Å². The number of hydrogen-bond acceptors (Lipinski definition) is 4. The van der Waals surface area contributed by atoms with Crippen molar-refractivity contribution in [2.24, 2.45) is 0 Å². The Hall–Kier alpha value is -0.920. The largest absolute Gasteiger partial charge is 0.496 e. The van der Waals surface area contributed by atoms with Crippen LogP contribution in [0.1, 0.15) is 5.56 Å². The predicted molar refractivity (Wildman–Crippen MR) is 59.2 cm³/mol. The van der Waals surface area contributed by atoms with Crippen molar-refractivity contribution in [3.05, 3.63) is 17.7 Å². The molecule has 0 spiro atoms. The minimum absolute atomic E-state index is 0.106. The zero-order chi connectivity index (χ0) is 13.4. The molecule has 0 aromatic heterocycles. The molecule has 96 valence electrons. The van der Waals surface area contributed by atoms with E-state index >= 15 is 0 Å². The van der Waals surface area contributed by atoms with Crippen molar-refractivity contribution in [1.29, 1.82) is 0 Å². The molecule has 17 heavy (non-hydrogen) atoms. The lowest BCUT2D eigenvalue weighted by Gasteiger charge is -2.12. The second kappa shape index (κ2) is 4.40. The van der Waals surface area contributed by atoms with Crippen LogP contribution in [0, 0.1) is 6.92 Å². The summed E-state index contributed by atoms with van der Waals surface area (Å²) in [4.78, 5) is 17.2. The van der Waals surface area contributed by atoms with E-state index in [1.807, 2.05) is 0 Å². The quantitative estimate of drug-likeness (QED) is 0.529. The van der Waals surface area contributed by atoms with E-state index in [-0.39, 0.29) is 5.75 Å². The van der Waals surface area contributed by atoms with Gasteiger partial charge in [-0.2, -0.15) is 8.42 Å². The number of aryl methyl sites for hydroxylation is 1. The van der Waals surface area contributed by atoms with Crippen molar-refractivity contribution in [3.8, 4) is 5.75 Å². The first-order chi connectivity index (χ1) is 7.57. The molecule has 9 heteroatoms. The van der Waals surface area contributed by atoms with E-state index in [4.69, 9.17) is 19.1 Å². The Morgan fingerprint density at radius 1 is 1.29 bits per heavy atom. The fourth-order valence-electron chi connectivity index (χ4n) is 1.31. The molecule has 0 heterocycles. The van der Waals surface area contributed by atoms with Gasteiger partial charge in [0.25, 0.3) is 10.1 Å². The molecule has 0 aliphatic heterocycles. The summed E-state index contributed by atoms with van der Waals surface area (Å²) in [5.41, 5.74) is 0.346. The van der Waals surface area contributed by atoms with Crippen LogP contribution in [-0.4, -0.2) is 29.9 Å². The standard InChI is InChI=1S/C8H11O7PS/c1-5-3-7(16(9,10)11)8(17(12,13)14)4-6(5)15-2/h3-4H,1-2H3,(H2,9,10,11)(H,12,13,14). The Labute approximate surface area is 98.0 Å². The number of methoxy groups -OCH3 is 1. The molecule has 1 aromatic rings. The summed E-state index contributed by atoms with van der Waals surface area (Å²) >= 11 is 0. The van der Waals surface area contributed by atoms with Crippen LogP contribution in [0.5, 0.6) is 5.75 Å². The lowest BCUT2D eigenvalue weighted by atomic mass is 10.2. The number of hydrogen-bond donors (Lipinski definition) is 3. The summed E-state index contributed by atoms with van der Waals surface area (Å²) < 4.78 is 46.9. The molecule has 0 atom stereocenters. The average Bonchev–Trinajstić information content (AvgIpc) is 2.14. The molecule has 0 aliphatic rings. The van der Waals surface area contributed by atoms with Gasteiger partial charge in [0.05, 0.1) is 12.4 Å². The van der Waals surface area contributed by atoms with Crippen LogP contribution in [-0.2, 0) is 14.7 Å². The van der Waals surface area contributed by atoms with Crippen molar-refractivity contribution in [3.63, 3.8) is 0 Å². The van der Waals surface area contributed by atoms with Gasteiger partial charge in [-0.1, -0.05) is 0 Å². The van der Waals surface area contributed by atoms with E-state index in [2.05, 4.69) is 0 Å². The Balaban J connectivity index is 3.72. The van der Waals surface area contributed by atoms with E-state index in [1.54, 1.807) is 0 Å². The maximum absolute atomic E-state index is 11.1. The Morgan fingerprint density at radius 3 is 2.18 bits per heavy atom. The van der Waals surface area contributed by atoms with Gasteiger partial charge in [0.15, 0.2) is 0 Å². The van der Waals surface area contributed by atoms with Crippen molar-refractivity contribution in [2.45, 2.75) is 11.8 Å². The maximum atomic E-state index is 11.1. The minimum Gasteiger partial charge on any atom is -0.496 e. The van der Waals surface area contributed by atoms with Gasteiger partial charge < -0.3 is 14.5 Å². The van der Waals surface area contributed by atoms with Crippen LogP contribution in [0.25, 0.3) is 0 Å². The van der Waals surface area contributed by atoms with Crippen LogP contribution < -0.4 is 10.0 Å². The third-order valence-corrected chi connectivity index (χ3v) is 4.11. The highest BCUT2D eigenvalue weighted by atomic mass is 32.2. The Bertz CT molecular complexity index is 586. The molecule has 0 amide bonds. The number of benzene rings is 1. The predicted octanol–water partition coefficient (Wildman–Crippen LogP) is 0.0533. The topological polar surface area (TPSA) is 121 Å². The highest BCUT2D eigenvalue weighted by Crippen LogP contribution is 2.38. The van der Waals surface area contributed by atoms with Crippen LogP contribution in [0.3, 0.4) is 0 Å². The van der Waals surface area contributed by atoms with Crippen LogP contribution in [0.2, 0.25) is 0 Å². The molecule has 3 N–H and O–H groups in total. The normalized spacial score (nSPS) is 12.5. The molecule has 0 saturated heterocycles. The summed E-state index contributed by atoms with van der Waals surface area (Å²) in [6, 6.07) is 1.85. The number of rotatable bonds is 3. The van der Waals surface area contributed by atoms with Crippen LogP contribution >= 0.6 is 7.60 Å².